The van der Waals surface area contributed by atoms with Gasteiger partial charge in [-0.15, -0.1) is 6.42 Å². The van der Waals surface area contributed by atoms with Crippen molar-refractivity contribution in [1.29, 1.82) is 0 Å². The van der Waals surface area contributed by atoms with Crippen LogP contribution >= 0.6 is 0 Å². The van der Waals surface area contributed by atoms with Crippen LogP contribution in [0.3, 0.4) is 0 Å². The maximum Gasteiger partial charge on any atom is 0.431 e. The molecule has 1 heterocycles. The van der Waals surface area contributed by atoms with E-state index >= 15 is 0 Å². The molecule has 0 radical (unpaired) electrons. The Hall–Kier alpha value is -3.87. The summed E-state index contributed by atoms with van der Waals surface area (Å²) >= 11 is 0. The van der Waals surface area contributed by atoms with Crippen LogP contribution in [-0.2, 0) is 6.18 Å². The van der Waals surface area contributed by atoms with Crippen molar-refractivity contribution in [3.8, 4) is 29.5 Å². The lowest BCUT2D eigenvalue weighted by molar-refractivity contribution is -0.141. The van der Waals surface area contributed by atoms with Gasteiger partial charge in [0.1, 0.15) is 17.3 Å². The Kier molecular flexibility index (Phi) is 4.99. The van der Waals surface area contributed by atoms with Gasteiger partial charge in [0.05, 0.1) is 11.3 Å². The topological polar surface area (TPSA) is 64.1 Å². The van der Waals surface area contributed by atoms with Crippen LogP contribution in [0.5, 0.6) is 11.5 Å². The molecule has 0 saturated carbocycles. The van der Waals surface area contributed by atoms with E-state index in [1.807, 2.05) is 0 Å². The number of aromatic nitrogens is 2. The van der Waals surface area contributed by atoms with E-state index in [9.17, 15) is 31.5 Å². The van der Waals surface area contributed by atoms with Crippen molar-refractivity contribution in [2.75, 3.05) is 0 Å². The zero-order valence-corrected chi connectivity index (χ0v) is 14.2. The molecule has 0 amide bonds. The van der Waals surface area contributed by atoms with Gasteiger partial charge in [0, 0.05) is 12.1 Å². The Labute approximate surface area is 159 Å². The van der Waals surface area contributed by atoms with Gasteiger partial charge in [-0.1, -0.05) is 18.1 Å². The number of aromatic amines is 1. The Morgan fingerprint density at radius 1 is 1.00 bits per heavy atom. The smallest absolute Gasteiger partial charge is 0.431 e. The lowest BCUT2D eigenvalue weighted by Gasteiger charge is -2.13. The van der Waals surface area contributed by atoms with E-state index < -0.39 is 40.4 Å². The van der Waals surface area contributed by atoms with Crippen LogP contribution in [0.2, 0.25) is 0 Å². The first kappa shape index (κ1) is 19.9. The van der Waals surface area contributed by atoms with Crippen molar-refractivity contribution in [3.05, 3.63) is 86.2 Å². The van der Waals surface area contributed by atoms with Crippen molar-refractivity contribution < 1.29 is 26.7 Å². The van der Waals surface area contributed by atoms with Gasteiger partial charge in [-0.3, -0.25) is 4.79 Å². The van der Waals surface area contributed by atoms with E-state index in [1.54, 1.807) is 0 Å². The van der Waals surface area contributed by atoms with E-state index in [0.717, 1.165) is 18.2 Å². The molecule has 0 unspecified atom stereocenters. The average Bonchev–Trinajstić information content (AvgIpc) is 2.64. The minimum Gasteiger partial charge on any atom is -0.453 e. The van der Waals surface area contributed by atoms with Crippen molar-refractivity contribution in [1.82, 2.24) is 9.55 Å². The summed E-state index contributed by atoms with van der Waals surface area (Å²) in [5, 5.41) is 0. The number of alkyl halides is 3. The predicted molar refractivity (Wildman–Crippen MR) is 92.0 cm³/mol. The van der Waals surface area contributed by atoms with E-state index in [4.69, 9.17) is 11.2 Å². The predicted octanol–water partition coefficient (Wildman–Crippen LogP) is 3.60. The molecule has 0 fully saturated rings. The van der Waals surface area contributed by atoms with Gasteiger partial charge in [-0.2, -0.15) is 13.2 Å². The lowest BCUT2D eigenvalue weighted by atomic mass is 10.1. The number of hydrogen-bond donors (Lipinski definition) is 1. The standard InChI is InChI=1S/C19H9F5N2O3/c1-2-10-7-12(21)13(8-15(10)29-14-6-4-3-5-11(14)20)26-17(27)9-16(19(22,23)24)25-18(26)28/h1,3-9H,(H,25,28). The fourth-order valence-corrected chi connectivity index (χ4v) is 2.43. The van der Waals surface area contributed by atoms with Crippen LogP contribution in [-0.4, -0.2) is 9.55 Å². The van der Waals surface area contributed by atoms with Gasteiger partial charge >= 0.3 is 11.9 Å². The number of ether oxygens (including phenoxy) is 1. The lowest BCUT2D eigenvalue weighted by Crippen LogP contribution is -2.36. The highest BCUT2D eigenvalue weighted by Crippen LogP contribution is 2.30. The molecule has 0 spiro atoms. The fourth-order valence-electron chi connectivity index (χ4n) is 2.43. The van der Waals surface area contributed by atoms with Crippen LogP contribution in [0.25, 0.3) is 5.69 Å². The van der Waals surface area contributed by atoms with Gasteiger partial charge in [-0.05, 0) is 18.2 Å². The number of hydrogen-bond acceptors (Lipinski definition) is 3. The molecule has 0 aliphatic carbocycles. The zero-order chi connectivity index (χ0) is 21.3. The molecule has 0 bridgehead atoms. The van der Waals surface area contributed by atoms with Crippen LogP contribution in [0.1, 0.15) is 11.3 Å². The quantitative estimate of drug-likeness (QED) is 0.532. The first-order valence-electron chi connectivity index (χ1n) is 7.78. The number of terminal acetylenes is 1. The Morgan fingerprint density at radius 2 is 1.69 bits per heavy atom. The molecule has 3 rings (SSSR count). The van der Waals surface area contributed by atoms with Gasteiger partial charge < -0.3 is 9.72 Å². The SMILES string of the molecule is C#Cc1cc(F)c(-n2c(=O)cc(C(F)(F)F)[nH]c2=O)cc1Oc1ccccc1F. The van der Waals surface area contributed by atoms with Crippen molar-refractivity contribution in [2.45, 2.75) is 6.18 Å². The van der Waals surface area contributed by atoms with E-state index in [0.29, 0.717) is 0 Å². The van der Waals surface area contributed by atoms with E-state index in [2.05, 4.69) is 5.92 Å². The highest BCUT2D eigenvalue weighted by Gasteiger charge is 2.33. The molecule has 0 aliphatic rings. The summed E-state index contributed by atoms with van der Waals surface area (Å²) in [6.45, 7) is 0. The summed E-state index contributed by atoms with van der Waals surface area (Å²) in [5.74, 6) is -0.417. The van der Waals surface area contributed by atoms with Gasteiger partial charge in [0.25, 0.3) is 5.56 Å². The second kappa shape index (κ2) is 7.27. The van der Waals surface area contributed by atoms with Crippen LogP contribution in [0, 0.1) is 24.0 Å². The third-order valence-electron chi connectivity index (χ3n) is 3.74. The second-order valence-corrected chi connectivity index (χ2v) is 5.64. The largest absolute Gasteiger partial charge is 0.453 e. The van der Waals surface area contributed by atoms with Crippen molar-refractivity contribution in [3.63, 3.8) is 0 Å². The average molecular weight is 408 g/mol. The molecule has 10 heteroatoms. The van der Waals surface area contributed by atoms with Crippen LogP contribution in [0.15, 0.2) is 52.1 Å². The van der Waals surface area contributed by atoms with Crippen molar-refractivity contribution in [2.24, 2.45) is 0 Å². The minimum absolute atomic E-state index is 0.104. The number of para-hydroxylation sites is 1. The number of benzene rings is 2. The highest BCUT2D eigenvalue weighted by atomic mass is 19.4. The van der Waals surface area contributed by atoms with E-state index in [-0.39, 0.29) is 27.7 Å². The first-order chi connectivity index (χ1) is 13.6. The second-order valence-electron chi connectivity index (χ2n) is 5.64. The third-order valence-corrected chi connectivity index (χ3v) is 3.74. The van der Waals surface area contributed by atoms with Crippen LogP contribution < -0.4 is 16.0 Å². The first-order valence-corrected chi connectivity index (χ1v) is 7.78. The maximum absolute atomic E-state index is 14.5. The highest BCUT2D eigenvalue weighted by molar-refractivity contribution is 5.53. The Balaban J connectivity index is 2.20. The molecule has 3 aromatic rings. The van der Waals surface area contributed by atoms with Gasteiger partial charge in [-0.25, -0.2) is 18.1 Å². The number of rotatable bonds is 3. The Bertz CT molecular complexity index is 1220. The summed E-state index contributed by atoms with van der Waals surface area (Å²) in [5.41, 5.74) is -5.47. The normalized spacial score (nSPS) is 11.2. The molecule has 2 aromatic carbocycles. The molecular formula is C19H9F5N2O3. The van der Waals surface area contributed by atoms with E-state index in [1.165, 1.54) is 23.2 Å². The molecule has 1 aromatic heterocycles. The molecule has 0 aliphatic heterocycles. The summed E-state index contributed by atoms with van der Waals surface area (Å²) < 4.78 is 71.9. The molecule has 0 atom stereocenters. The summed E-state index contributed by atoms with van der Waals surface area (Å²) in [4.78, 5) is 25.6. The molecule has 29 heavy (non-hydrogen) atoms. The monoisotopic (exact) mass is 408 g/mol. The summed E-state index contributed by atoms with van der Waals surface area (Å²) in [7, 11) is 0. The molecule has 5 nitrogen and oxygen atoms in total. The summed E-state index contributed by atoms with van der Waals surface area (Å²) in [6.07, 6.45) is 0.292. The molecule has 148 valence electrons. The van der Waals surface area contributed by atoms with Crippen molar-refractivity contribution >= 4 is 0 Å². The minimum atomic E-state index is -4.98. The number of halogens is 5. The number of H-pyrrole nitrogens is 1. The van der Waals surface area contributed by atoms with Gasteiger partial charge in [0.15, 0.2) is 11.6 Å². The third kappa shape index (κ3) is 3.89. The zero-order valence-electron chi connectivity index (χ0n) is 14.2. The molecule has 0 saturated heterocycles. The molecule has 1 N–H and O–H groups in total. The number of nitrogens with zero attached hydrogens (tertiary/aromatic N) is 1. The van der Waals surface area contributed by atoms with Crippen LogP contribution in [0.4, 0.5) is 22.0 Å². The molecular weight excluding hydrogens is 399 g/mol. The number of nitrogens with one attached hydrogen (secondary N) is 1. The Morgan fingerprint density at radius 3 is 2.28 bits per heavy atom. The summed E-state index contributed by atoms with van der Waals surface area (Å²) in [6, 6.07) is 6.82. The fraction of sp³-hybridized carbons (Fsp3) is 0.0526. The maximum atomic E-state index is 14.5. The van der Waals surface area contributed by atoms with Gasteiger partial charge in [0.2, 0.25) is 0 Å².